The topological polar surface area (TPSA) is 35.2 Å². The zero-order valence-electron chi connectivity index (χ0n) is 10.1. The Hall–Kier alpha value is -0.540. The van der Waals surface area contributed by atoms with Crippen LogP contribution < -0.4 is 10.5 Å². The molecule has 3 heteroatoms. The van der Waals surface area contributed by atoms with Crippen molar-refractivity contribution in [3.8, 4) is 5.75 Å². The molecule has 1 aliphatic rings. The van der Waals surface area contributed by atoms with Crippen molar-refractivity contribution in [2.45, 2.75) is 38.1 Å². The molecule has 0 amide bonds. The van der Waals surface area contributed by atoms with Crippen molar-refractivity contribution in [1.29, 1.82) is 0 Å². The third-order valence-electron chi connectivity index (χ3n) is 3.52. The van der Waals surface area contributed by atoms with E-state index in [1.165, 1.54) is 25.7 Å². The average Bonchev–Trinajstić information content (AvgIpc) is 2.82. The molecule has 1 saturated carbocycles. The second-order valence-corrected chi connectivity index (χ2v) is 5.72. The number of halogens is 1. The van der Waals surface area contributed by atoms with Crippen LogP contribution in [0.25, 0.3) is 0 Å². The number of hydrogen-bond acceptors (Lipinski definition) is 2. The van der Waals surface area contributed by atoms with Crippen molar-refractivity contribution in [3.05, 3.63) is 28.7 Å². The Balaban J connectivity index is 1.71. The predicted molar refractivity (Wildman–Crippen MR) is 74.2 cm³/mol. The van der Waals surface area contributed by atoms with Crippen molar-refractivity contribution in [3.63, 3.8) is 0 Å². The van der Waals surface area contributed by atoms with Gasteiger partial charge in [-0.15, -0.1) is 0 Å². The monoisotopic (exact) mass is 297 g/mol. The van der Waals surface area contributed by atoms with E-state index in [4.69, 9.17) is 10.5 Å². The Morgan fingerprint density at radius 1 is 1.35 bits per heavy atom. The Labute approximate surface area is 112 Å². The first-order chi connectivity index (χ1) is 8.25. The van der Waals surface area contributed by atoms with E-state index in [1.807, 2.05) is 24.3 Å². The van der Waals surface area contributed by atoms with Gasteiger partial charge in [-0.1, -0.05) is 34.8 Å². The lowest BCUT2D eigenvalue weighted by Gasteiger charge is -2.18. The molecule has 0 bridgehead atoms. The summed E-state index contributed by atoms with van der Waals surface area (Å²) in [5.74, 6) is 1.64. The molecule has 1 aliphatic carbocycles. The fraction of sp³-hybridized carbons (Fsp3) is 0.571. The minimum absolute atomic E-state index is 0.310. The standard InChI is InChI=1S/C14H20BrNO/c15-12-6-3-7-13(10-12)17-9-8-14(16)11-4-1-2-5-11/h3,6-7,10-11,14H,1-2,4-5,8-9,16H2. The number of ether oxygens (including phenoxy) is 1. The summed E-state index contributed by atoms with van der Waals surface area (Å²) in [6, 6.07) is 8.25. The van der Waals surface area contributed by atoms with Crippen molar-refractivity contribution in [2.24, 2.45) is 11.7 Å². The van der Waals surface area contributed by atoms with Gasteiger partial charge in [-0.05, 0) is 43.4 Å². The summed E-state index contributed by atoms with van der Waals surface area (Å²) in [5, 5.41) is 0. The van der Waals surface area contributed by atoms with Gasteiger partial charge in [-0.2, -0.15) is 0 Å². The highest BCUT2D eigenvalue weighted by Gasteiger charge is 2.21. The van der Waals surface area contributed by atoms with Gasteiger partial charge in [-0.3, -0.25) is 0 Å². The molecular weight excluding hydrogens is 278 g/mol. The van der Waals surface area contributed by atoms with Gasteiger partial charge in [0.2, 0.25) is 0 Å². The van der Waals surface area contributed by atoms with Crippen LogP contribution in [0.4, 0.5) is 0 Å². The van der Waals surface area contributed by atoms with Crippen LogP contribution in [0.5, 0.6) is 5.75 Å². The minimum atomic E-state index is 0.310. The molecule has 0 radical (unpaired) electrons. The van der Waals surface area contributed by atoms with Crippen molar-refractivity contribution in [1.82, 2.24) is 0 Å². The molecular formula is C14H20BrNO. The van der Waals surface area contributed by atoms with E-state index in [0.29, 0.717) is 12.6 Å². The third kappa shape index (κ3) is 4.00. The van der Waals surface area contributed by atoms with E-state index in [-0.39, 0.29) is 0 Å². The molecule has 1 aromatic rings. The maximum absolute atomic E-state index is 6.18. The molecule has 0 aromatic heterocycles. The van der Waals surface area contributed by atoms with E-state index in [9.17, 15) is 0 Å². The largest absolute Gasteiger partial charge is 0.493 e. The van der Waals surface area contributed by atoms with Crippen molar-refractivity contribution in [2.75, 3.05) is 6.61 Å². The summed E-state index contributed by atoms with van der Waals surface area (Å²) in [6.45, 7) is 0.716. The fourth-order valence-electron chi connectivity index (χ4n) is 2.49. The lowest BCUT2D eigenvalue weighted by Crippen LogP contribution is -2.30. The van der Waals surface area contributed by atoms with Crippen LogP contribution in [-0.2, 0) is 0 Å². The summed E-state index contributed by atoms with van der Waals surface area (Å²) >= 11 is 3.43. The zero-order valence-corrected chi connectivity index (χ0v) is 11.7. The first kappa shape index (κ1) is 12.9. The summed E-state index contributed by atoms with van der Waals surface area (Å²) in [7, 11) is 0. The first-order valence-electron chi connectivity index (χ1n) is 6.39. The average molecular weight is 298 g/mol. The van der Waals surface area contributed by atoms with Gasteiger partial charge < -0.3 is 10.5 Å². The van der Waals surface area contributed by atoms with Gasteiger partial charge in [-0.25, -0.2) is 0 Å². The lowest BCUT2D eigenvalue weighted by molar-refractivity contribution is 0.274. The molecule has 0 heterocycles. The molecule has 2 N–H and O–H groups in total. The highest BCUT2D eigenvalue weighted by Crippen LogP contribution is 2.28. The Morgan fingerprint density at radius 3 is 2.82 bits per heavy atom. The highest BCUT2D eigenvalue weighted by atomic mass is 79.9. The Morgan fingerprint density at radius 2 is 2.12 bits per heavy atom. The number of hydrogen-bond donors (Lipinski definition) is 1. The van der Waals surface area contributed by atoms with Crippen LogP contribution in [0.1, 0.15) is 32.1 Å². The van der Waals surface area contributed by atoms with Crippen LogP contribution in [-0.4, -0.2) is 12.6 Å². The lowest BCUT2D eigenvalue weighted by atomic mass is 9.97. The third-order valence-corrected chi connectivity index (χ3v) is 4.01. The zero-order chi connectivity index (χ0) is 12.1. The van der Waals surface area contributed by atoms with Crippen LogP contribution in [0.3, 0.4) is 0 Å². The van der Waals surface area contributed by atoms with Gasteiger partial charge in [0.15, 0.2) is 0 Å². The fourth-order valence-corrected chi connectivity index (χ4v) is 2.87. The summed E-state index contributed by atoms with van der Waals surface area (Å²) < 4.78 is 6.76. The smallest absolute Gasteiger partial charge is 0.120 e. The predicted octanol–water partition coefficient (Wildman–Crippen LogP) is 3.74. The second kappa shape index (κ2) is 6.41. The molecule has 1 unspecified atom stereocenters. The molecule has 1 fully saturated rings. The number of benzene rings is 1. The maximum atomic E-state index is 6.18. The van der Waals surface area contributed by atoms with Crippen LogP contribution in [0.2, 0.25) is 0 Å². The molecule has 2 rings (SSSR count). The molecule has 2 nitrogen and oxygen atoms in total. The van der Waals surface area contributed by atoms with E-state index >= 15 is 0 Å². The quantitative estimate of drug-likeness (QED) is 0.899. The summed E-state index contributed by atoms with van der Waals surface area (Å²) in [6.07, 6.45) is 6.27. The van der Waals surface area contributed by atoms with Gasteiger partial charge >= 0.3 is 0 Å². The van der Waals surface area contributed by atoms with Crippen LogP contribution in [0.15, 0.2) is 28.7 Å². The Kier molecular flexibility index (Phi) is 4.86. The molecule has 1 aromatic carbocycles. The van der Waals surface area contributed by atoms with E-state index in [0.717, 1.165) is 22.6 Å². The Bertz CT molecular complexity index is 350. The van der Waals surface area contributed by atoms with Crippen LogP contribution >= 0.6 is 15.9 Å². The van der Waals surface area contributed by atoms with Crippen LogP contribution in [0, 0.1) is 5.92 Å². The SMILES string of the molecule is NC(CCOc1cccc(Br)c1)C1CCCC1. The van der Waals surface area contributed by atoms with Crippen molar-refractivity contribution < 1.29 is 4.74 Å². The molecule has 17 heavy (non-hydrogen) atoms. The number of nitrogens with two attached hydrogens (primary N) is 1. The van der Waals surface area contributed by atoms with Gasteiger partial charge in [0, 0.05) is 10.5 Å². The molecule has 0 saturated heterocycles. The molecule has 0 aliphatic heterocycles. The summed E-state index contributed by atoms with van der Waals surface area (Å²) in [5.41, 5.74) is 6.18. The van der Waals surface area contributed by atoms with E-state index in [1.54, 1.807) is 0 Å². The van der Waals surface area contributed by atoms with Gasteiger partial charge in [0.25, 0.3) is 0 Å². The number of rotatable bonds is 5. The van der Waals surface area contributed by atoms with Gasteiger partial charge in [0.1, 0.15) is 5.75 Å². The normalized spacial score (nSPS) is 18.2. The first-order valence-corrected chi connectivity index (χ1v) is 7.19. The second-order valence-electron chi connectivity index (χ2n) is 4.80. The highest BCUT2D eigenvalue weighted by molar-refractivity contribution is 9.10. The van der Waals surface area contributed by atoms with E-state index in [2.05, 4.69) is 15.9 Å². The molecule has 1 atom stereocenters. The minimum Gasteiger partial charge on any atom is -0.493 e. The van der Waals surface area contributed by atoms with Gasteiger partial charge in [0.05, 0.1) is 6.61 Å². The van der Waals surface area contributed by atoms with E-state index < -0.39 is 0 Å². The summed E-state index contributed by atoms with van der Waals surface area (Å²) in [4.78, 5) is 0. The molecule has 94 valence electrons. The molecule has 0 spiro atoms. The van der Waals surface area contributed by atoms with Crippen molar-refractivity contribution >= 4 is 15.9 Å². The maximum Gasteiger partial charge on any atom is 0.120 e.